The van der Waals surface area contributed by atoms with Crippen molar-refractivity contribution in [2.24, 2.45) is 7.05 Å². The van der Waals surface area contributed by atoms with E-state index in [1.54, 1.807) is 4.68 Å². The minimum absolute atomic E-state index is 0.0998. The van der Waals surface area contributed by atoms with Crippen molar-refractivity contribution >= 4 is 40.7 Å². The number of hydrogen-bond donors (Lipinski definition) is 3. The van der Waals surface area contributed by atoms with Gasteiger partial charge in [0.1, 0.15) is 5.69 Å². The second-order valence-corrected chi connectivity index (χ2v) is 9.20. The number of thioether (sulfide) groups is 1. The molecule has 4 rings (SSSR count). The number of aromatic nitrogens is 5. The van der Waals surface area contributed by atoms with Gasteiger partial charge in [-0.3, -0.25) is 24.9 Å². The summed E-state index contributed by atoms with van der Waals surface area (Å²) in [4.78, 5) is 12.5. The highest BCUT2D eigenvalue weighted by molar-refractivity contribution is 7.99. The molecule has 0 unspecified atom stereocenters. The van der Waals surface area contributed by atoms with Crippen molar-refractivity contribution in [3.8, 4) is 11.5 Å². The Kier molecular flexibility index (Phi) is 8.14. The maximum absolute atomic E-state index is 12.5. The molecule has 3 N–H and O–H groups in total. The van der Waals surface area contributed by atoms with Crippen LogP contribution in [0.5, 0.6) is 0 Å². The van der Waals surface area contributed by atoms with E-state index in [2.05, 4.69) is 38.4 Å². The molecule has 1 amide bonds. The lowest BCUT2D eigenvalue weighted by molar-refractivity contribution is -0.119. The zero-order chi connectivity index (χ0) is 23.9. The summed E-state index contributed by atoms with van der Waals surface area (Å²) in [5, 5.41) is 17.2. The summed E-state index contributed by atoms with van der Waals surface area (Å²) in [6.45, 7) is 3.46. The van der Waals surface area contributed by atoms with Gasteiger partial charge in [-0.05, 0) is 49.2 Å². The number of nitrogens with zero attached hydrogens (tertiary/aromatic N) is 5. The van der Waals surface area contributed by atoms with Crippen LogP contribution in [0.1, 0.15) is 25.3 Å². The van der Waals surface area contributed by atoms with Crippen LogP contribution >= 0.6 is 24.0 Å². The number of thiocarbonyl (C=S) groups is 1. The topological polar surface area (TPSA) is 111 Å². The zero-order valence-electron chi connectivity index (χ0n) is 19.2. The van der Waals surface area contributed by atoms with Gasteiger partial charge in [0, 0.05) is 25.5 Å². The van der Waals surface area contributed by atoms with Gasteiger partial charge in [0.2, 0.25) is 5.91 Å². The van der Waals surface area contributed by atoms with Gasteiger partial charge < -0.3 is 10.1 Å². The van der Waals surface area contributed by atoms with Crippen molar-refractivity contribution in [1.29, 1.82) is 0 Å². The van der Waals surface area contributed by atoms with Crippen LogP contribution in [-0.2, 0) is 29.5 Å². The fourth-order valence-corrected chi connectivity index (χ4v) is 4.58. The normalized spacial score (nSPS) is 15.3. The van der Waals surface area contributed by atoms with Crippen LogP contribution in [0.2, 0.25) is 0 Å². The molecule has 3 heterocycles. The maximum Gasteiger partial charge on any atom is 0.248 e. The second kappa shape index (κ2) is 11.4. The second-order valence-electron chi connectivity index (χ2n) is 7.85. The van der Waals surface area contributed by atoms with Crippen LogP contribution in [-0.4, -0.2) is 54.0 Å². The maximum atomic E-state index is 12.5. The van der Waals surface area contributed by atoms with E-state index in [9.17, 15) is 4.79 Å². The number of amides is 1. The third-order valence-corrected chi connectivity index (χ3v) is 6.53. The molecule has 34 heavy (non-hydrogen) atoms. The third-order valence-electron chi connectivity index (χ3n) is 5.36. The number of hydrogen-bond acceptors (Lipinski definition) is 7. The van der Waals surface area contributed by atoms with Crippen LogP contribution in [0.4, 0.5) is 5.69 Å². The molecule has 1 aliphatic heterocycles. The number of aryl methyl sites for hydroxylation is 2. The summed E-state index contributed by atoms with van der Waals surface area (Å²) in [5.41, 5.74) is 8.18. The van der Waals surface area contributed by atoms with Crippen LogP contribution in [0, 0.1) is 0 Å². The van der Waals surface area contributed by atoms with E-state index in [-0.39, 0.29) is 17.8 Å². The molecule has 1 aliphatic rings. The number of rotatable bonds is 8. The van der Waals surface area contributed by atoms with E-state index in [0.717, 1.165) is 42.8 Å². The lowest BCUT2D eigenvalue weighted by atomic mass is 10.1. The molecule has 0 spiro atoms. The fraction of sp³-hybridized carbons (Fsp3) is 0.409. The van der Waals surface area contributed by atoms with Crippen LogP contribution in [0.25, 0.3) is 11.5 Å². The van der Waals surface area contributed by atoms with Gasteiger partial charge in [0.15, 0.2) is 16.1 Å². The highest BCUT2D eigenvalue weighted by atomic mass is 32.2. The average molecular weight is 501 g/mol. The first kappa shape index (κ1) is 24.2. The molecular formula is C22H28N8O2S2. The van der Waals surface area contributed by atoms with Crippen molar-refractivity contribution in [2.45, 2.75) is 44.0 Å². The number of para-hydroxylation sites is 1. The van der Waals surface area contributed by atoms with Crippen molar-refractivity contribution < 1.29 is 9.53 Å². The number of benzene rings is 1. The molecule has 1 atom stereocenters. The first-order valence-corrected chi connectivity index (χ1v) is 12.5. The van der Waals surface area contributed by atoms with Gasteiger partial charge in [-0.1, -0.05) is 36.9 Å². The van der Waals surface area contributed by atoms with Gasteiger partial charge in [-0.25, -0.2) is 0 Å². The number of ether oxygens (including phenoxy) is 1. The molecule has 0 aliphatic carbocycles. The lowest BCUT2D eigenvalue weighted by Gasteiger charge is -2.15. The highest BCUT2D eigenvalue weighted by Crippen LogP contribution is 2.25. The van der Waals surface area contributed by atoms with Crippen LogP contribution in [0.3, 0.4) is 0 Å². The standard InChI is InChI=1S/C22H28N8O2S2/c1-3-15-7-4-5-9-17(15)23-21(33)26-24-19(31)14-34-22-27-25-20(18-10-11-29(2)28-18)30(22)13-16-8-6-12-32-16/h4-5,7,9-11,16H,3,6,8,12-14H2,1-2H3,(H,24,31)(H2,23,26,33)/t16-/m0/s1. The molecule has 1 fully saturated rings. The molecule has 1 aromatic carbocycles. The van der Waals surface area contributed by atoms with E-state index in [1.807, 2.05) is 48.1 Å². The van der Waals surface area contributed by atoms with E-state index >= 15 is 0 Å². The van der Waals surface area contributed by atoms with E-state index in [4.69, 9.17) is 17.0 Å². The predicted octanol–water partition coefficient (Wildman–Crippen LogP) is 2.53. The van der Waals surface area contributed by atoms with Crippen LogP contribution in [0.15, 0.2) is 41.7 Å². The number of hydrazine groups is 1. The van der Waals surface area contributed by atoms with Crippen molar-refractivity contribution in [3.63, 3.8) is 0 Å². The van der Waals surface area contributed by atoms with Crippen molar-refractivity contribution in [2.75, 3.05) is 17.7 Å². The Morgan fingerprint density at radius 3 is 2.85 bits per heavy atom. The van der Waals surface area contributed by atoms with Gasteiger partial charge in [0.05, 0.1) is 18.4 Å². The molecule has 180 valence electrons. The largest absolute Gasteiger partial charge is 0.376 e. The summed E-state index contributed by atoms with van der Waals surface area (Å²) in [6, 6.07) is 9.80. The van der Waals surface area contributed by atoms with Gasteiger partial charge in [-0.2, -0.15) is 5.10 Å². The first-order chi connectivity index (χ1) is 16.5. The molecule has 0 radical (unpaired) electrons. The fourth-order valence-electron chi connectivity index (χ4n) is 3.67. The highest BCUT2D eigenvalue weighted by Gasteiger charge is 2.23. The Hall–Kier alpha value is -2.96. The van der Waals surface area contributed by atoms with E-state index < -0.39 is 0 Å². The molecule has 12 heteroatoms. The zero-order valence-corrected chi connectivity index (χ0v) is 20.8. The van der Waals surface area contributed by atoms with Gasteiger partial charge >= 0.3 is 0 Å². The molecule has 0 bridgehead atoms. The molecule has 3 aromatic rings. The molecular weight excluding hydrogens is 472 g/mol. The minimum Gasteiger partial charge on any atom is -0.376 e. The van der Waals surface area contributed by atoms with E-state index in [1.165, 1.54) is 11.8 Å². The monoisotopic (exact) mass is 500 g/mol. The van der Waals surface area contributed by atoms with Crippen molar-refractivity contribution in [3.05, 3.63) is 42.1 Å². The Balaban J connectivity index is 1.34. The molecule has 1 saturated heterocycles. The summed E-state index contributed by atoms with van der Waals surface area (Å²) in [7, 11) is 1.86. The average Bonchev–Trinajstić information content (AvgIpc) is 3.59. The summed E-state index contributed by atoms with van der Waals surface area (Å²) >= 11 is 6.61. The summed E-state index contributed by atoms with van der Waals surface area (Å²) in [5.74, 6) is 0.577. The lowest BCUT2D eigenvalue weighted by Crippen LogP contribution is -2.44. The van der Waals surface area contributed by atoms with E-state index in [0.29, 0.717) is 22.6 Å². The summed E-state index contributed by atoms with van der Waals surface area (Å²) in [6.07, 6.45) is 4.87. The SMILES string of the molecule is CCc1ccccc1NC(=S)NNC(=O)CSc1nnc(-c2ccn(C)n2)n1C[C@@H]1CCCO1. The van der Waals surface area contributed by atoms with Gasteiger partial charge in [0.25, 0.3) is 0 Å². The Labute approximate surface area is 207 Å². The minimum atomic E-state index is -0.232. The van der Waals surface area contributed by atoms with Crippen molar-refractivity contribution in [1.82, 2.24) is 35.4 Å². The number of carbonyl (C=O) groups excluding carboxylic acids is 1. The predicted molar refractivity (Wildman–Crippen MR) is 135 cm³/mol. The molecule has 10 nitrogen and oxygen atoms in total. The first-order valence-electron chi connectivity index (χ1n) is 11.1. The Bertz CT molecular complexity index is 1140. The smallest absolute Gasteiger partial charge is 0.248 e. The number of anilines is 1. The molecule has 2 aromatic heterocycles. The summed E-state index contributed by atoms with van der Waals surface area (Å²) < 4.78 is 9.52. The molecule has 0 saturated carbocycles. The Morgan fingerprint density at radius 1 is 1.26 bits per heavy atom. The Morgan fingerprint density at radius 2 is 2.12 bits per heavy atom. The van der Waals surface area contributed by atoms with Gasteiger partial charge in [-0.15, -0.1) is 10.2 Å². The third kappa shape index (κ3) is 6.13. The van der Waals surface area contributed by atoms with Crippen LogP contribution < -0.4 is 16.2 Å². The quantitative estimate of drug-likeness (QED) is 0.244. The number of carbonyl (C=O) groups is 1. The number of nitrogens with one attached hydrogen (secondary N) is 3.